The molecule has 0 bridgehead atoms. The average molecular weight is 367 g/mol. The highest BCUT2D eigenvalue weighted by Crippen LogP contribution is 2.43. The van der Waals surface area contributed by atoms with Crippen LogP contribution in [0.1, 0.15) is 19.8 Å². The van der Waals surface area contributed by atoms with E-state index in [9.17, 15) is 9.59 Å². The van der Waals surface area contributed by atoms with Crippen LogP contribution in [-0.2, 0) is 19.1 Å². The third-order valence-electron chi connectivity index (χ3n) is 2.55. The van der Waals surface area contributed by atoms with Crippen molar-refractivity contribution in [1.82, 2.24) is 0 Å². The number of hydrogen-bond acceptors (Lipinski definition) is 6. The van der Waals surface area contributed by atoms with Gasteiger partial charge in [0.25, 0.3) is 0 Å². The van der Waals surface area contributed by atoms with Crippen LogP contribution in [0.5, 0.6) is 0 Å². The van der Waals surface area contributed by atoms with Crippen LogP contribution in [0.4, 0.5) is 0 Å². The van der Waals surface area contributed by atoms with E-state index in [-0.39, 0.29) is 18.4 Å². The van der Waals surface area contributed by atoms with Gasteiger partial charge in [0.15, 0.2) is 0 Å². The smallest absolute Gasteiger partial charge is 0.322 e. The molecule has 19 heavy (non-hydrogen) atoms. The van der Waals surface area contributed by atoms with Crippen LogP contribution >= 0.6 is 39.0 Å². The number of halogens is 1. The maximum Gasteiger partial charge on any atom is 0.322 e. The summed E-state index contributed by atoms with van der Waals surface area (Å²) in [6, 6.07) is 1.92. The van der Waals surface area contributed by atoms with Crippen molar-refractivity contribution in [2.75, 3.05) is 14.2 Å². The maximum atomic E-state index is 12.0. The minimum absolute atomic E-state index is 0.179. The zero-order chi connectivity index (χ0) is 14.5. The van der Waals surface area contributed by atoms with Gasteiger partial charge in [-0.2, -0.15) is 0 Å². The van der Waals surface area contributed by atoms with E-state index in [4.69, 9.17) is 4.74 Å². The second-order valence-electron chi connectivity index (χ2n) is 3.96. The molecular formula is C12H15BrO4S2. The highest BCUT2D eigenvalue weighted by Gasteiger charge is 2.37. The second kappa shape index (κ2) is 7.31. The average Bonchev–Trinajstić information content (AvgIpc) is 2.80. The zero-order valence-electron chi connectivity index (χ0n) is 10.9. The molecule has 1 aromatic heterocycles. The Balaban J connectivity index is 2.84. The normalized spacial score (nSPS) is 13.7. The number of methoxy groups -OCH3 is 2. The van der Waals surface area contributed by atoms with Gasteiger partial charge < -0.3 is 9.47 Å². The Labute approximate surface area is 129 Å². The number of thioether (sulfide) groups is 1. The van der Waals surface area contributed by atoms with Crippen molar-refractivity contribution in [3.8, 4) is 0 Å². The molecule has 0 saturated heterocycles. The van der Waals surface area contributed by atoms with E-state index >= 15 is 0 Å². The van der Waals surface area contributed by atoms with Crippen molar-refractivity contribution in [2.24, 2.45) is 0 Å². The molecule has 0 amide bonds. The van der Waals surface area contributed by atoms with Gasteiger partial charge in [-0.15, -0.1) is 11.3 Å². The molecule has 1 atom stereocenters. The fourth-order valence-corrected chi connectivity index (χ4v) is 4.61. The fourth-order valence-electron chi connectivity index (χ4n) is 1.41. The topological polar surface area (TPSA) is 52.6 Å². The number of carbonyl (C=O) groups is 2. The molecular weight excluding hydrogens is 352 g/mol. The highest BCUT2D eigenvalue weighted by atomic mass is 79.9. The van der Waals surface area contributed by atoms with Gasteiger partial charge >= 0.3 is 11.9 Å². The van der Waals surface area contributed by atoms with E-state index in [0.717, 1.165) is 8.68 Å². The lowest BCUT2D eigenvalue weighted by Crippen LogP contribution is -2.33. The summed E-state index contributed by atoms with van der Waals surface area (Å²) >= 11 is 6.36. The van der Waals surface area contributed by atoms with E-state index < -0.39 is 4.75 Å². The van der Waals surface area contributed by atoms with Crippen LogP contribution in [0, 0.1) is 0 Å². The number of thiophene rings is 1. The molecule has 1 heterocycles. The van der Waals surface area contributed by atoms with Crippen molar-refractivity contribution in [2.45, 2.75) is 28.7 Å². The standard InChI is InChI=1S/C12H15BrO4S2/c1-12(11(15)17-3,6-4-9(14)16-2)19-10-8(13)5-7-18-10/h5,7H,4,6H2,1-3H3. The lowest BCUT2D eigenvalue weighted by molar-refractivity contribution is -0.144. The molecule has 0 spiro atoms. The summed E-state index contributed by atoms with van der Waals surface area (Å²) in [5.41, 5.74) is 0. The number of rotatable bonds is 6. The molecule has 0 aliphatic rings. The first-order valence-electron chi connectivity index (χ1n) is 5.50. The summed E-state index contributed by atoms with van der Waals surface area (Å²) in [4.78, 5) is 23.2. The van der Waals surface area contributed by atoms with Gasteiger partial charge in [-0.1, -0.05) is 11.8 Å². The van der Waals surface area contributed by atoms with Crippen LogP contribution in [0.2, 0.25) is 0 Å². The largest absolute Gasteiger partial charge is 0.469 e. The van der Waals surface area contributed by atoms with E-state index in [1.54, 1.807) is 6.92 Å². The van der Waals surface area contributed by atoms with Gasteiger partial charge in [0, 0.05) is 10.9 Å². The van der Waals surface area contributed by atoms with Crippen LogP contribution in [0.15, 0.2) is 20.1 Å². The number of esters is 2. The third kappa shape index (κ3) is 4.50. The summed E-state index contributed by atoms with van der Waals surface area (Å²) in [7, 11) is 2.68. The molecule has 1 rings (SSSR count). The zero-order valence-corrected chi connectivity index (χ0v) is 14.1. The van der Waals surface area contributed by atoms with Crippen LogP contribution in [-0.4, -0.2) is 30.9 Å². The molecule has 0 N–H and O–H groups in total. The Morgan fingerprint density at radius 2 is 2.11 bits per heavy atom. The molecule has 0 aliphatic heterocycles. The van der Waals surface area contributed by atoms with Gasteiger partial charge in [0.05, 0.1) is 18.4 Å². The van der Waals surface area contributed by atoms with Crippen molar-refractivity contribution < 1.29 is 19.1 Å². The Bertz CT molecular complexity index is 460. The maximum absolute atomic E-state index is 12.0. The molecule has 7 heteroatoms. The van der Waals surface area contributed by atoms with Crippen LogP contribution < -0.4 is 0 Å². The first kappa shape index (κ1) is 16.5. The summed E-state index contributed by atoms with van der Waals surface area (Å²) in [6.07, 6.45) is 0.541. The Kier molecular flexibility index (Phi) is 6.35. The lowest BCUT2D eigenvalue weighted by atomic mass is 10.1. The van der Waals surface area contributed by atoms with Gasteiger partial charge in [-0.3, -0.25) is 9.59 Å². The molecule has 1 aromatic rings. The Morgan fingerprint density at radius 1 is 1.42 bits per heavy atom. The van der Waals surface area contributed by atoms with Crippen molar-refractivity contribution in [3.05, 3.63) is 15.9 Å². The second-order valence-corrected chi connectivity index (χ2v) is 7.50. The summed E-state index contributed by atoms with van der Waals surface area (Å²) in [5, 5.41) is 1.93. The molecule has 4 nitrogen and oxygen atoms in total. The molecule has 0 aromatic carbocycles. The van der Waals surface area contributed by atoms with Gasteiger partial charge in [-0.25, -0.2) is 0 Å². The monoisotopic (exact) mass is 366 g/mol. The molecule has 0 aliphatic carbocycles. The SMILES string of the molecule is COC(=O)CCC(C)(Sc1sccc1Br)C(=O)OC. The molecule has 106 valence electrons. The minimum Gasteiger partial charge on any atom is -0.469 e. The lowest BCUT2D eigenvalue weighted by Gasteiger charge is -2.25. The summed E-state index contributed by atoms with van der Waals surface area (Å²) < 4.78 is 10.6. The molecule has 0 radical (unpaired) electrons. The highest BCUT2D eigenvalue weighted by molar-refractivity contribution is 9.10. The number of hydrogen-bond donors (Lipinski definition) is 0. The molecule has 1 unspecified atom stereocenters. The molecule has 0 saturated carbocycles. The third-order valence-corrected chi connectivity index (χ3v) is 6.21. The van der Waals surface area contributed by atoms with E-state index in [1.807, 2.05) is 11.4 Å². The predicted molar refractivity (Wildman–Crippen MR) is 79.5 cm³/mol. The van der Waals surface area contributed by atoms with Crippen molar-refractivity contribution >= 4 is 51.0 Å². The van der Waals surface area contributed by atoms with Crippen molar-refractivity contribution in [3.63, 3.8) is 0 Å². The molecule has 0 fully saturated rings. The number of carbonyl (C=O) groups excluding carboxylic acids is 2. The summed E-state index contributed by atoms with van der Waals surface area (Å²) in [6.45, 7) is 1.78. The Morgan fingerprint density at radius 3 is 2.58 bits per heavy atom. The quantitative estimate of drug-likeness (QED) is 0.569. The van der Waals surface area contributed by atoms with E-state index in [2.05, 4.69) is 20.7 Å². The first-order valence-corrected chi connectivity index (χ1v) is 7.99. The van der Waals surface area contributed by atoms with E-state index in [1.165, 1.54) is 37.3 Å². The van der Waals surface area contributed by atoms with Gasteiger partial charge in [-0.05, 0) is 40.7 Å². The fraction of sp³-hybridized carbons (Fsp3) is 0.500. The Hall–Kier alpha value is -0.530. The number of ether oxygens (including phenoxy) is 2. The minimum atomic E-state index is -0.809. The van der Waals surface area contributed by atoms with Crippen LogP contribution in [0.3, 0.4) is 0 Å². The predicted octanol–water partition coefficient (Wildman–Crippen LogP) is 3.49. The van der Waals surface area contributed by atoms with E-state index in [0.29, 0.717) is 6.42 Å². The first-order chi connectivity index (χ1) is 8.92. The summed E-state index contributed by atoms with van der Waals surface area (Å²) in [5.74, 6) is -0.678. The van der Waals surface area contributed by atoms with Gasteiger partial charge in [0.1, 0.15) is 4.75 Å². The van der Waals surface area contributed by atoms with Gasteiger partial charge in [0.2, 0.25) is 0 Å². The van der Waals surface area contributed by atoms with Crippen molar-refractivity contribution in [1.29, 1.82) is 0 Å². The van der Waals surface area contributed by atoms with Crippen LogP contribution in [0.25, 0.3) is 0 Å².